The first-order valence-corrected chi connectivity index (χ1v) is 13.5. The van der Waals surface area contributed by atoms with E-state index < -0.39 is 16.1 Å². The molecule has 2 aromatic carbocycles. The SMILES string of the molecule is CN(CC(O)CNC(C)(C)CC1Cc2ccccc2C1)S(=O)(=O)c1c(Cl)cc(Br)cc1Cl. The minimum absolute atomic E-state index is 0.0301. The Kier molecular flexibility index (Phi) is 8.35. The number of rotatable bonds is 9. The molecular weight excluding hydrogens is 535 g/mol. The van der Waals surface area contributed by atoms with Gasteiger partial charge in [-0.2, -0.15) is 4.31 Å². The average molecular weight is 564 g/mol. The standard InChI is InChI=1S/C23H29BrCl2N2O3S/c1-23(2,12-15-8-16-6-4-5-7-17(16)9-15)27-13-19(29)14-28(3)32(30,31)22-20(25)10-18(24)11-21(22)26/h4-7,10-11,15,19,27,29H,8-9,12-14H2,1-3H3. The van der Waals surface area contributed by atoms with Gasteiger partial charge in [0.05, 0.1) is 16.1 Å². The van der Waals surface area contributed by atoms with Crippen LogP contribution in [0, 0.1) is 5.92 Å². The molecule has 0 aliphatic heterocycles. The van der Waals surface area contributed by atoms with E-state index in [2.05, 4.69) is 59.4 Å². The molecule has 32 heavy (non-hydrogen) atoms. The van der Waals surface area contributed by atoms with Gasteiger partial charge in [0, 0.05) is 30.1 Å². The van der Waals surface area contributed by atoms with E-state index in [-0.39, 0.29) is 33.6 Å². The third-order valence-electron chi connectivity index (χ3n) is 5.85. The third-order valence-corrected chi connectivity index (χ3v) is 9.05. The number of β-amino-alcohol motifs (C(OH)–C–C–N with tert-alkyl or cyclic N) is 1. The number of hydrogen-bond acceptors (Lipinski definition) is 4. The molecule has 0 bridgehead atoms. The maximum absolute atomic E-state index is 13.0. The van der Waals surface area contributed by atoms with E-state index in [4.69, 9.17) is 23.2 Å². The van der Waals surface area contributed by atoms with Crippen molar-refractivity contribution in [2.45, 2.75) is 49.6 Å². The summed E-state index contributed by atoms with van der Waals surface area (Å²) < 4.78 is 27.6. The first-order valence-electron chi connectivity index (χ1n) is 10.5. The number of benzene rings is 2. The zero-order valence-electron chi connectivity index (χ0n) is 18.4. The van der Waals surface area contributed by atoms with Gasteiger partial charge in [-0.25, -0.2) is 8.42 Å². The van der Waals surface area contributed by atoms with E-state index in [9.17, 15) is 13.5 Å². The molecule has 2 aromatic rings. The molecule has 176 valence electrons. The Labute approximate surface area is 209 Å². The summed E-state index contributed by atoms with van der Waals surface area (Å²) in [5.74, 6) is 0.553. The molecule has 0 heterocycles. The van der Waals surface area contributed by atoms with Crippen molar-refractivity contribution in [1.29, 1.82) is 0 Å². The largest absolute Gasteiger partial charge is 0.390 e. The van der Waals surface area contributed by atoms with Gasteiger partial charge in [-0.05, 0) is 62.3 Å². The first-order chi connectivity index (χ1) is 14.9. The van der Waals surface area contributed by atoms with Crippen molar-refractivity contribution in [1.82, 2.24) is 9.62 Å². The van der Waals surface area contributed by atoms with Crippen molar-refractivity contribution in [3.05, 3.63) is 62.0 Å². The lowest BCUT2D eigenvalue weighted by Gasteiger charge is -2.31. The summed E-state index contributed by atoms with van der Waals surface area (Å²) in [7, 11) is -2.54. The van der Waals surface area contributed by atoms with Gasteiger partial charge in [-0.3, -0.25) is 0 Å². The predicted octanol–water partition coefficient (Wildman–Crippen LogP) is 4.91. The molecule has 0 radical (unpaired) electrons. The molecule has 1 atom stereocenters. The lowest BCUT2D eigenvalue weighted by atomic mass is 9.88. The van der Waals surface area contributed by atoms with Crippen molar-refractivity contribution in [2.24, 2.45) is 5.92 Å². The maximum atomic E-state index is 13.0. The minimum Gasteiger partial charge on any atom is -0.390 e. The summed E-state index contributed by atoms with van der Waals surface area (Å²) in [6.07, 6.45) is 2.22. The molecule has 0 saturated heterocycles. The molecule has 0 aromatic heterocycles. The van der Waals surface area contributed by atoms with Gasteiger partial charge in [0.2, 0.25) is 10.0 Å². The Bertz CT molecular complexity index is 1030. The van der Waals surface area contributed by atoms with Crippen LogP contribution in [-0.4, -0.2) is 49.6 Å². The van der Waals surface area contributed by atoms with Gasteiger partial charge in [-0.15, -0.1) is 0 Å². The maximum Gasteiger partial charge on any atom is 0.245 e. The van der Waals surface area contributed by atoms with Crippen LogP contribution in [-0.2, 0) is 22.9 Å². The summed E-state index contributed by atoms with van der Waals surface area (Å²) in [4.78, 5) is -0.159. The second-order valence-corrected chi connectivity index (χ2v) is 12.9. The van der Waals surface area contributed by atoms with E-state index in [0.29, 0.717) is 10.4 Å². The number of nitrogens with one attached hydrogen (secondary N) is 1. The topological polar surface area (TPSA) is 69.6 Å². The van der Waals surface area contributed by atoms with Crippen molar-refractivity contribution in [2.75, 3.05) is 20.1 Å². The van der Waals surface area contributed by atoms with Crippen molar-refractivity contribution in [3.8, 4) is 0 Å². The molecular formula is C23H29BrCl2N2O3S. The highest BCUT2D eigenvalue weighted by Crippen LogP contribution is 2.35. The quantitative estimate of drug-likeness (QED) is 0.455. The zero-order chi connectivity index (χ0) is 23.7. The number of aliphatic hydroxyl groups excluding tert-OH is 1. The van der Waals surface area contributed by atoms with Crippen LogP contribution in [0.5, 0.6) is 0 Å². The number of likely N-dealkylation sites (N-methyl/N-ethyl adjacent to an activating group) is 1. The Hall–Kier alpha value is -0.670. The molecule has 0 amide bonds. The van der Waals surface area contributed by atoms with Crippen LogP contribution in [0.2, 0.25) is 10.0 Å². The molecule has 0 fully saturated rings. The number of fused-ring (bicyclic) bond motifs is 1. The normalized spacial score (nSPS) is 15.9. The van der Waals surface area contributed by atoms with E-state index in [1.807, 2.05) is 0 Å². The van der Waals surface area contributed by atoms with Crippen LogP contribution in [0.1, 0.15) is 31.4 Å². The smallest absolute Gasteiger partial charge is 0.245 e. The summed E-state index contributed by atoms with van der Waals surface area (Å²) in [5, 5.41) is 14.0. The fraction of sp³-hybridized carbons (Fsp3) is 0.478. The number of aliphatic hydroxyl groups is 1. The minimum atomic E-state index is -3.95. The summed E-state index contributed by atoms with van der Waals surface area (Å²) in [6, 6.07) is 11.5. The second kappa shape index (κ2) is 10.3. The molecule has 3 rings (SSSR count). The van der Waals surface area contributed by atoms with Gasteiger partial charge in [0.1, 0.15) is 4.90 Å². The van der Waals surface area contributed by atoms with Gasteiger partial charge in [0.15, 0.2) is 0 Å². The Balaban J connectivity index is 1.55. The van der Waals surface area contributed by atoms with Gasteiger partial charge in [-0.1, -0.05) is 63.4 Å². The Morgan fingerprint density at radius 3 is 2.25 bits per heavy atom. The Morgan fingerprint density at radius 2 is 1.72 bits per heavy atom. The van der Waals surface area contributed by atoms with Gasteiger partial charge in [0.25, 0.3) is 0 Å². The second-order valence-electron chi connectivity index (χ2n) is 9.15. The number of halogens is 3. The molecule has 9 heteroatoms. The molecule has 1 aliphatic rings. The lowest BCUT2D eigenvalue weighted by molar-refractivity contribution is 0.135. The van der Waals surface area contributed by atoms with E-state index in [0.717, 1.165) is 23.6 Å². The molecule has 5 nitrogen and oxygen atoms in total. The van der Waals surface area contributed by atoms with Crippen molar-refractivity contribution < 1.29 is 13.5 Å². The van der Waals surface area contributed by atoms with Crippen LogP contribution < -0.4 is 5.32 Å². The monoisotopic (exact) mass is 562 g/mol. The summed E-state index contributed by atoms with van der Waals surface area (Å²) >= 11 is 15.5. The van der Waals surface area contributed by atoms with Crippen LogP contribution in [0.15, 0.2) is 45.8 Å². The van der Waals surface area contributed by atoms with Crippen molar-refractivity contribution >= 4 is 49.2 Å². The molecule has 1 unspecified atom stereocenters. The third kappa shape index (κ3) is 6.26. The van der Waals surface area contributed by atoms with E-state index >= 15 is 0 Å². The Morgan fingerprint density at radius 1 is 1.19 bits per heavy atom. The van der Waals surface area contributed by atoms with Gasteiger partial charge < -0.3 is 10.4 Å². The molecule has 0 saturated carbocycles. The summed E-state index contributed by atoms with van der Waals surface area (Å²) in [5.41, 5.74) is 2.65. The summed E-state index contributed by atoms with van der Waals surface area (Å²) in [6.45, 7) is 4.42. The number of sulfonamides is 1. The van der Waals surface area contributed by atoms with Gasteiger partial charge >= 0.3 is 0 Å². The predicted molar refractivity (Wildman–Crippen MR) is 134 cm³/mol. The van der Waals surface area contributed by atoms with Crippen LogP contribution in [0.4, 0.5) is 0 Å². The van der Waals surface area contributed by atoms with Crippen LogP contribution in [0.25, 0.3) is 0 Å². The number of hydrogen-bond donors (Lipinski definition) is 2. The molecule has 0 spiro atoms. The highest BCUT2D eigenvalue weighted by Gasteiger charge is 2.31. The zero-order valence-corrected chi connectivity index (χ0v) is 22.3. The fourth-order valence-electron chi connectivity index (χ4n) is 4.37. The van der Waals surface area contributed by atoms with E-state index in [1.54, 1.807) is 0 Å². The average Bonchev–Trinajstić information content (AvgIpc) is 3.06. The van der Waals surface area contributed by atoms with Crippen molar-refractivity contribution in [3.63, 3.8) is 0 Å². The van der Waals surface area contributed by atoms with E-state index in [1.165, 1.54) is 30.3 Å². The lowest BCUT2D eigenvalue weighted by Crippen LogP contribution is -2.47. The number of nitrogens with zero attached hydrogens (tertiary/aromatic N) is 1. The van der Waals surface area contributed by atoms with Crippen LogP contribution >= 0.6 is 39.1 Å². The molecule has 1 aliphatic carbocycles. The first kappa shape index (κ1) is 25.9. The fourth-order valence-corrected chi connectivity index (χ4v) is 7.46. The highest BCUT2D eigenvalue weighted by atomic mass is 79.9. The highest BCUT2D eigenvalue weighted by molar-refractivity contribution is 9.10. The molecule has 2 N–H and O–H groups in total. The van der Waals surface area contributed by atoms with Crippen LogP contribution in [0.3, 0.4) is 0 Å².